The average molecular weight is 591 g/mol. The van der Waals surface area contributed by atoms with Gasteiger partial charge in [-0.25, -0.2) is 4.98 Å². The third-order valence-corrected chi connectivity index (χ3v) is 6.93. The Balaban J connectivity index is 0.000000389. The number of carbonyl (C=O) groups excluding carboxylic acids is 3. The van der Waals surface area contributed by atoms with Gasteiger partial charge >= 0.3 is 0 Å². The van der Waals surface area contributed by atoms with E-state index in [1.165, 1.54) is 6.26 Å². The summed E-state index contributed by atoms with van der Waals surface area (Å²) < 4.78 is 5.46. The van der Waals surface area contributed by atoms with Crippen molar-refractivity contribution in [2.45, 2.75) is 31.8 Å². The lowest BCUT2D eigenvalue weighted by Crippen LogP contribution is -2.36. The quantitative estimate of drug-likeness (QED) is 0.135. The minimum absolute atomic E-state index is 0.0824. The Morgan fingerprint density at radius 3 is 2.66 bits per heavy atom. The highest BCUT2D eigenvalue weighted by atomic mass is 35.5. The first-order valence-corrected chi connectivity index (χ1v) is 14.0. The van der Waals surface area contributed by atoms with E-state index in [0.29, 0.717) is 21.9 Å². The first kappa shape index (κ1) is 31.3. The molecule has 0 aliphatic heterocycles. The summed E-state index contributed by atoms with van der Waals surface area (Å²) in [5, 5.41) is 11.9. The molecule has 10 heteroatoms. The van der Waals surface area contributed by atoms with Gasteiger partial charge in [-0.3, -0.25) is 14.4 Å². The maximum atomic E-state index is 13.1. The van der Waals surface area contributed by atoms with Crippen molar-refractivity contribution in [1.29, 1.82) is 0 Å². The number of aldehydes is 1. The molecule has 212 valence electrons. The Morgan fingerprint density at radius 1 is 1.24 bits per heavy atom. The van der Waals surface area contributed by atoms with E-state index in [4.69, 9.17) is 16.3 Å². The third-order valence-electron chi connectivity index (χ3n) is 6.03. The van der Waals surface area contributed by atoms with Crippen LogP contribution >= 0.6 is 22.9 Å². The average Bonchev–Trinajstić information content (AvgIpc) is 3.58. The molecule has 8 nitrogen and oxygen atoms in total. The van der Waals surface area contributed by atoms with Crippen LogP contribution in [0.5, 0.6) is 0 Å². The molecule has 1 aromatic heterocycles. The van der Waals surface area contributed by atoms with E-state index >= 15 is 0 Å². The highest BCUT2D eigenvalue weighted by Gasteiger charge is 2.46. The van der Waals surface area contributed by atoms with E-state index in [-0.39, 0.29) is 18.7 Å². The molecule has 1 aliphatic carbocycles. The lowest BCUT2D eigenvalue weighted by atomic mass is 9.99. The van der Waals surface area contributed by atoms with Crippen molar-refractivity contribution in [2.24, 2.45) is 0 Å². The normalized spacial score (nSPS) is 12.9. The predicted octanol–water partition coefficient (Wildman–Crippen LogP) is 4.81. The summed E-state index contributed by atoms with van der Waals surface area (Å²) in [4.78, 5) is 38.9. The Morgan fingerprint density at radius 2 is 2.02 bits per heavy atom. The lowest BCUT2D eigenvalue weighted by Gasteiger charge is -2.21. The van der Waals surface area contributed by atoms with E-state index in [9.17, 15) is 14.4 Å². The smallest absolute Gasteiger partial charge is 0.284 e. The van der Waals surface area contributed by atoms with Crippen molar-refractivity contribution >= 4 is 46.8 Å². The monoisotopic (exact) mass is 590 g/mol. The van der Waals surface area contributed by atoms with Crippen LogP contribution in [0.15, 0.2) is 73.0 Å². The fourth-order valence-electron chi connectivity index (χ4n) is 3.91. The van der Waals surface area contributed by atoms with Crippen LogP contribution in [0.4, 0.5) is 0 Å². The summed E-state index contributed by atoms with van der Waals surface area (Å²) in [7, 11) is 1.87. The molecule has 41 heavy (non-hydrogen) atoms. The molecule has 0 radical (unpaired) electrons. The zero-order valence-electron chi connectivity index (χ0n) is 22.8. The van der Waals surface area contributed by atoms with E-state index in [2.05, 4.69) is 39.4 Å². The molecule has 0 saturated heterocycles. The Kier molecular flexibility index (Phi) is 11.9. The molecule has 1 saturated carbocycles. The van der Waals surface area contributed by atoms with Crippen LogP contribution < -0.4 is 16.0 Å². The second-order valence-electron chi connectivity index (χ2n) is 8.86. The summed E-state index contributed by atoms with van der Waals surface area (Å²) in [5.41, 5.74) is 2.22. The van der Waals surface area contributed by atoms with Crippen molar-refractivity contribution in [1.82, 2.24) is 20.9 Å². The van der Waals surface area contributed by atoms with Gasteiger partial charge in [0.15, 0.2) is 5.01 Å². The molecule has 0 atom stereocenters. The molecule has 3 N–H and O–H groups in total. The zero-order valence-corrected chi connectivity index (χ0v) is 24.4. The largest absolute Gasteiger partial charge is 0.465 e. The van der Waals surface area contributed by atoms with E-state index in [0.717, 1.165) is 35.5 Å². The Bertz CT molecular complexity index is 1470. The molecule has 2 aromatic carbocycles. The topological polar surface area (TPSA) is 109 Å². The second kappa shape index (κ2) is 15.5. The molecular weight excluding hydrogens is 560 g/mol. The molecule has 0 unspecified atom stereocenters. The Labute approximate surface area is 248 Å². The SMILES string of the molecule is C=CO/C(=C\C)c1cc(Cl)cc(C2(NC(=O)c3ccccc3CNC(=O)C=O)CC2)c1.CNCC#Cc1nccs1. The highest BCUT2D eigenvalue weighted by Crippen LogP contribution is 2.47. The number of halogens is 1. The van der Waals surface area contributed by atoms with Gasteiger partial charge in [-0.2, -0.15) is 0 Å². The number of aromatic nitrogens is 1. The van der Waals surface area contributed by atoms with Crippen LogP contribution in [-0.2, 0) is 26.4 Å². The number of benzene rings is 2. The Hall–Kier alpha value is -4.23. The van der Waals surface area contributed by atoms with Crippen molar-refractivity contribution in [3.8, 4) is 11.8 Å². The number of nitrogens with zero attached hydrogens (tertiary/aromatic N) is 1. The molecule has 0 bridgehead atoms. The third kappa shape index (κ3) is 9.15. The summed E-state index contributed by atoms with van der Waals surface area (Å²) in [6.45, 7) is 6.25. The van der Waals surface area contributed by atoms with Gasteiger partial charge in [0, 0.05) is 34.3 Å². The van der Waals surface area contributed by atoms with Gasteiger partial charge in [-0.1, -0.05) is 42.3 Å². The minimum atomic E-state index is -0.734. The first-order valence-electron chi connectivity index (χ1n) is 12.8. The molecule has 1 heterocycles. The number of hydrogen-bond donors (Lipinski definition) is 3. The van der Waals surface area contributed by atoms with Gasteiger partial charge in [-0.05, 0) is 74.2 Å². The number of hydrogen-bond acceptors (Lipinski definition) is 7. The molecule has 1 fully saturated rings. The maximum Gasteiger partial charge on any atom is 0.284 e. The van der Waals surface area contributed by atoms with Crippen LogP contribution in [0.25, 0.3) is 5.76 Å². The minimum Gasteiger partial charge on any atom is -0.465 e. The maximum absolute atomic E-state index is 13.1. The molecular formula is C31H31ClN4O4S. The second-order valence-corrected chi connectivity index (χ2v) is 10.2. The van der Waals surface area contributed by atoms with Gasteiger partial charge in [0.05, 0.1) is 18.3 Å². The summed E-state index contributed by atoms with van der Waals surface area (Å²) in [6, 6.07) is 12.5. The molecule has 0 spiro atoms. The van der Waals surface area contributed by atoms with Gasteiger partial charge in [0.1, 0.15) is 5.76 Å². The van der Waals surface area contributed by atoms with E-state index in [1.54, 1.807) is 47.9 Å². The van der Waals surface area contributed by atoms with Crippen LogP contribution in [0, 0.1) is 11.8 Å². The van der Waals surface area contributed by atoms with Crippen molar-refractivity contribution < 1.29 is 19.1 Å². The highest BCUT2D eigenvalue weighted by molar-refractivity contribution is 7.10. The van der Waals surface area contributed by atoms with E-state index in [1.807, 2.05) is 37.6 Å². The number of nitrogens with one attached hydrogen (secondary N) is 3. The molecule has 1 aliphatic rings. The first-order chi connectivity index (χ1) is 19.9. The predicted molar refractivity (Wildman–Crippen MR) is 162 cm³/mol. The fraction of sp³-hybridized carbons (Fsp3) is 0.226. The number of ether oxygens (including phenoxy) is 1. The van der Waals surface area contributed by atoms with Crippen LogP contribution in [0.3, 0.4) is 0 Å². The number of thiazole rings is 1. The fourth-order valence-corrected chi connectivity index (χ4v) is 4.65. The number of amides is 2. The number of rotatable bonds is 10. The molecule has 2 amide bonds. The van der Waals surface area contributed by atoms with Gasteiger partial charge in [0.25, 0.3) is 11.8 Å². The molecule has 3 aromatic rings. The van der Waals surface area contributed by atoms with Crippen molar-refractivity contribution in [3.05, 3.63) is 105 Å². The lowest BCUT2D eigenvalue weighted by molar-refractivity contribution is -0.131. The van der Waals surface area contributed by atoms with Crippen LogP contribution in [0.1, 0.15) is 51.8 Å². The standard InChI is InChI=1S/C24H23ClN2O4.C7H8N2S/c1-3-21(31-4-2)17-11-18(13-19(25)12-17)24(9-10-24)27-23(30)20-8-6-5-7-16(20)14-26-22(29)15-28;1-8-4-2-3-7-9-5-6-10-7/h3-8,11-13,15H,2,9-10,14H2,1H3,(H,26,29)(H,27,30);5-6,8H,4H2,1H3/b21-3-;. The van der Waals surface area contributed by atoms with Gasteiger partial charge in [-0.15, -0.1) is 11.3 Å². The van der Waals surface area contributed by atoms with Crippen LogP contribution in [0.2, 0.25) is 5.02 Å². The van der Waals surface area contributed by atoms with Crippen LogP contribution in [-0.4, -0.2) is 36.7 Å². The van der Waals surface area contributed by atoms with Crippen molar-refractivity contribution in [2.75, 3.05) is 13.6 Å². The van der Waals surface area contributed by atoms with Crippen molar-refractivity contribution in [3.63, 3.8) is 0 Å². The number of carbonyl (C=O) groups is 3. The zero-order chi connectivity index (χ0) is 29.7. The summed E-state index contributed by atoms with van der Waals surface area (Å²) >= 11 is 7.92. The van der Waals surface area contributed by atoms with Gasteiger partial charge < -0.3 is 20.7 Å². The summed E-state index contributed by atoms with van der Waals surface area (Å²) in [6.07, 6.45) is 6.68. The molecule has 4 rings (SSSR count). The summed E-state index contributed by atoms with van der Waals surface area (Å²) in [5.74, 6) is 5.47. The van der Waals surface area contributed by atoms with E-state index < -0.39 is 11.4 Å². The number of allylic oxidation sites excluding steroid dienone is 1. The van der Waals surface area contributed by atoms with Gasteiger partial charge in [0.2, 0.25) is 6.29 Å².